The van der Waals surface area contributed by atoms with Crippen molar-refractivity contribution in [1.82, 2.24) is 26.2 Å². The summed E-state index contributed by atoms with van der Waals surface area (Å²) in [6, 6.07) is 11.3. The van der Waals surface area contributed by atoms with Crippen molar-refractivity contribution in [1.29, 1.82) is 0 Å². The van der Waals surface area contributed by atoms with Crippen LogP contribution in [0.15, 0.2) is 54.6 Å². The molecule has 14 heteroatoms. The van der Waals surface area contributed by atoms with Crippen molar-refractivity contribution in [3.05, 3.63) is 66.0 Å². The van der Waals surface area contributed by atoms with E-state index in [1.807, 2.05) is 18.2 Å². The highest BCUT2D eigenvalue weighted by Gasteiger charge is 2.42. The van der Waals surface area contributed by atoms with Crippen molar-refractivity contribution in [3.8, 4) is 0 Å². The first-order chi connectivity index (χ1) is 21.8. The van der Waals surface area contributed by atoms with Crippen LogP contribution < -0.4 is 26.6 Å². The van der Waals surface area contributed by atoms with Crippen molar-refractivity contribution in [2.24, 2.45) is 0 Å². The fourth-order valence-electron chi connectivity index (χ4n) is 5.12. The molecule has 2 aliphatic rings. The minimum atomic E-state index is -0.970. The number of ether oxygens (including phenoxy) is 2. The number of benzene rings is 2. The highest BCUT2D eigenvalue weighted by Crippen LogP contribution is 2.21. The van der Waals surface area contributed by atoms with Crippen LogP contribution in [-0.2, 0) is 23.9 Å². The third kappa shape index (κ3) is 10.5. The second-order valence-electron chi connectivity index (χ2n) is 10.7. The van der Waals surface area contributed by atoms with Crippen molar-refractivity contribution in [2.75, 3.05) is 51.4 Å². The number of rotatable bonds is 8. The standard InChI is InChI=1S/C31H39FN6O7/c32-22-11-9-21(10-12-22)28(40)35-24-18-26-29(41)33-14-15-44-16-17-45-20-27(39)37-25(30(42)38(26)19-24)8-4-5-13-34-31(43)36-23-6-2-1-3-7-23/h1-3,6-7,9-12,24-26H,4-5,8,13-20H2,(H,33,41)(H,35,40)(H,37,39)(H2,34,36,43)/t24-,25-,26-/m0/s1. The molecule has 2 saturated heterocycles. The summed E-state index contributed by atoms with van der Waals surface area (Å²) in [6.45, 7) is 0.908. The van der Waals surface area contributed by atoms with Crippen molar-refractivity contribution >= 4 is 35.3 Å². The van der Waals surface area contributed by atoms with Crippen LogP contribution in [0.4, 0.5) is 14.9 Å². The summed E-state index contributed by atoms with van der Waals surface area (Å²) in [4.78, 5) is 66.2. The van der Waals surface area contributed by atoms with E-state index in [0.717, 1.165) is 0 Å². The lowest BCUT2D eigenvalue weighted by atomic mass is 10.1. The highest BCUT2D eigenvalue weighted by atomic mass is 19.1. The molecular formula is C31H39FN6O7. The minimum Gasteiger partial charge on any atom is -0.377 e. The SMILES string of the molecule is O=C1COCCOCCNC(=O)[C@@H]2C[C@H](NC(=O)c3ccc(F)cc3)CN2C(=O)[C@H](CCCCNC(=O)Nc2ccccc2)N1. The average Bonchev–Trinajstić information content (AvgIpc) is 3.45. The van der Waals surface area contributed by atoms with E-state index < -0.39 is 47.6 Å². The van der Waals surface area contributed by atoms with Crippen LogP contribution in [0.1, 0.15) is 36.0 Å². The Labute approximate surface area is 260 Å². The number of urea groups is 1. The van der Waals surface area contributed by atoms with Gasteiger partial charge in [-0.05, 0) is 62.1 Å². The highest BCUT2D eigenvalue weighted by molar-refractivity contribution is 5.95. The number of halogens is 1. The molecule has 0 bridgehead atoms. The molecule has 0 unspecified atom stereocenters. The van der Waals surface area contributed by atoms with Crippen molar-refractivity contribution in [3.63, 3.8) is 0 Å². The Kier molecular flexibility index (Phi) is 12.6. The van der Waals surface area contributed by atoms with E-state index in [4.69, 9.17) is 9.47 Å². The van der Waals surface area contributed by atoms with Crippen LogP contribution in [0.3, 0.4) is 0 Å². The number of unbranched alkanes of at least 4 members (excludes halogenated alkanes) is 1. The molecule has 2 heterocycles. The molecule has 5 N–H and O–H groups in total. The van der Waals surface area contributed by atoms with Crippen LogP contribution in [0.25, 0.3) is 0 Å². The average molecular weight is 627 g/mol. The molecule has 242 valence electrons. The molecule has 3 atom stereocenters. The van der Waals surface area contributed by atoms with Gasteiger partial charge in [-0.25, -0.2) is 9.18 Å². The Hall–Kier alpha value is -4.56. The van der Waals surface area contributed by atoms with E-state index in [0.29, 0.717) is 25.1 Å². The number of hydrogen-bond donors (Lipinski definition) is 5. The number of carbonyl (C=O) groups excluding carboxylic acids is 5. The van der Waals surface area contributed by atoms with Gasteiger partial charge in [0.05, 0.1) is 19.8 Å². The smallest absolute Gasteiger partial charge is 0.319 e. The minimum absolute atomic E-state index is 0.0322. The number of anilines is 1. The van der Waals surface area contributed by atoms with E-state index in [1.54, 1.807) is 12.1 Å². The van der Waals surface area contributed by atoms with Crippen LogP contribution in [-0.4, -0.2) is 98.7 Å². The number of nitrogens with one attached hydrogen (secondary N) is 5. The Bertz CT molecular complexity index is 1310. The zero-order valence-electron chi connectivity index (χ0n) is 24.9. The van der Waals surface area contributed by atoms with Crippen LogP contribution in [0.5, 0.6) is 0 Å². The van der Waals surface area contributed by atoms with E-state index in [2.05, 4.69) is 26.6 Å². The second-order valence-corrected chi connectivity index (χ2v) is 10.7. The zero-order valence-corrected chi connectivity index (χ0v) is 24.9. The van der Waals surface area contributed by atoms with Crippen molar-refractivity contribution < 1.29 is 37.8 Å². The zero-order chi connectivity index (χ0) is 32.0. The lowest BCUT2D eigenvalue weighted by Gasteiger charge is -2.28. The molecule has 0 aliphatic carbocycles. The molecule has 0 aromatic heterocycles. The van der Waals surface area contributed by atoms with Gasteiger partial charge in [0.1, 0.15) is 24.5 Å². The van der Waals surface area contributed by atoms with Gasteiger partial charge in [0, 0.05) is 36.9 Å². The van der Waals surface area contributed by atoms with Gasteiger partial charge in [-0.2, -0.15) is 0 Å². The molecule has 0 saturated carbocycles. The fourth-order valence-corrected chi connectivity index (χ4v) is 5.12. The molecule has 2 aromatic carbocycles. The Morgan fingerprint density at radius 3 is 2.49 bits per heavy atom. The molecule has 0 spiro atoms. The van der Waals surface area contributed by atoms with Gasteiger partial charge >= 0.3 is 6.03 Å². The van der Waals surface area contributed by atoms with Gasteiger partial charge < -0.3 is 41.0 Å². The van der Waals surface area contributed by atoms with Gasteiger partial charge in [-0.1, -0.05) is 18.2 Å². The van der Waals surface area contributed by atoms with Gasteiger partial charge in [0.2, 0.25) is 17.7 Å². The normalized spacial score (nSPS) is 21.4. The van der Waals surface area contributed by atoms with Crippen LogP contribution in [0, 0.1) is 5.82 Å². The number of para-hydroxylation sites is 1. The summed E-state index contributed by atoms with van der Waals surface area (Å²) in [5.41, 5.74) is 0.897. The molecule has 2 aliphatic heterocycles. The molecule has 6 amide bonds. The topological polar surface area (TPSA) is 167 Å². The summed E-state index contributed by atoms with van der Waals surface area (Å²) in [6.07, 6.45) is 1.39. The number of fused-ring (bicyclic) bond motifs is 1. The largest absolute Gasteiger partial charge is 0.377 e. The summed E-state index contributed by atoms with van der Waals surface area (Å²) >= 11 is 0. The summed E-state index contributed by atoms with van der Waals surface area (Å²) in [5, 5.41) is 13.8. The van der Waals surface area contributed by atoms with Gasteiger partial charge in [0.15, 0.2) is 0 Å². The first kappa shape index (κ1) is 33.3. The fraction of sp³-hybridized carbons (Fsp3) is 0.452. The molecule has 2 aromatic rings. The number of nitrogens with zero attached hydrogens (tertiary/aromatic N) is 1. The first-order valence-electron chi connectivity index (χ1n) is 15.0. The molecule has 45 heavy (non-hydrogen) atoms. The van der Waals surface area contributed by atoms with E-state index in [1.165, 1.54) is 29.2 Å². The maximum Gasteiger partial charge on any atom is 0.319 e. The van der Waals surface area contributed by atoms with Gasteiger partial charge in [-0.15, -0.1) is 0 Å². The Morgan fingerprint density at radius 1 is 0.956 bits per heavy atom. The van der Waals surface area contributed by atoms with Gasteiger partial charge in [-0.3, -0.25) is 19.2 Å². The number of carbonyl (C=O) groups is 5. The summed E-state index contributed by atoms with van der Waals surface area (Å²) in [5.74, 6) is -2.31. The number of hydrogen-bond acceptors (Lipinski definition) is 7. The summed E-state index contributed by atoms with van der Waals surface area (Å²) < 4.78 is 24.1. The maximum atomic E-state index is 13.9. The Balaban J connectivity index is 1.40. The quantitative estimate of drug-likeness (QED) is 0.274. The third-order valence-corrected chi connectivity index (χ3v) is 7.35. The lowest BCUT2D eigenvalue weighted by molar-refractivity contribution is -0.142. The molecule has 2 fully saturated rings. The monoisotopic (exact) mass is 626 g/mol. The number of amides is 6. The lowest BCUT2D eigenvalue weighted by Crippen LogP contribution is -2.54. The van der Waals surface area contributed by atoms with Crippen LogP contribution in [0.2, 0.25) is 0 Å². The van der Waals surface area contributed by atoms with E-state index in [-0.39, 0.29) is 64.0 Å². The van der Waals surface area contributed by atoms with E-state index in [9.17, 15) is 28.4 Å². The second kappa shape index (κ2) is 17.1. The Morgan fingerprint density at radius 2 is 1.71 bits per heavy atom. The van der Waals surface area contributed by atoms with Crippen molar-refractivity contribution in [2.45, 2.75) is 43.8 Å². The molecular weight excluding hydrogens is 587 g/mol. The predicted molar refractivity (Wildman–Crippen MR) is 162 cm³/mol. The summed E-state index contributed by atoms with van der Waals surface area (Å²) in [7, 11) is 0. The van der Waals surface area contributed by atoms with E-state index >= 15 is 0 Å². The third-order valence-electron chi connectivity index (χ3n) is 7.35. The first-order valence-corrected chi connectivity index (χ1v) is 15.0. The molecule has 4 rings (SSSR count). The van der Waals surface area contributed by atoms with Crippen LogP contribution >= 0.6 is 0 Å². The maximum absolute atomic E-state index is 13.9. The molecule has 13 nitrogen and oxygen atoms in total. The molecule has 0 radical (unpaired) electrons. The van der Waals surface area contributed by atoms with Gasteiger partial charge in [0.25, 0.3) is 5.91 Å². The predicted octanol–water partition coefficient (Wildman–Crippen LogP) is 1.16.